The lowest BCUT2D eigenvalue weighted by atomic mass is 9.74. The Bertz CT molecular complexity index is 821. The van der Waals surface area contributed by atoms with Crippen LogP contribution in [0.25, 0.3) is 0 Å². The summed E-state index contributed by atoms with van der Waals surface area (Å²) in [6, 6.07) is 7.75. The fourth-order valence-corrected chi connectivity index (χ4v) is 4.02. The predicted molar refractivity (Wildman–Crippen MR) is 103 cm³/mol. The number of nitrogens with two attached hydrogens (primary N) is 1. The van der Waals surface area contributed by atoms with Crippen LogP contribution in [-0.2, 0) is 13.0 Å². The second-order valence-electron chi connectivity index (χ2n) is 6.61. The molecule has 6 nitrogen and oxygen atoms in total. The summed E-state index contributed by atoms with van der Waals surface area (Å²) >= 11 is 0. The third-order valence-corrected chi connectivity index (χ3v) is 5.33. The Morgan fingerprint density at radius 3 is 2.19 bits per heavy atom. The number of fused-ring (bicyclic) bond motifs is 1. The molecule has 0 spiro atoms. The van der Waals surface area contributed by atoms with Crippen LogP contribution < -0.4 is 24.7 Å². The molecule has 0 radical (unpaired) electrons. The Morgan fingerprint density at radius 1 is 0.926 bits per heavy atom. The number of ether oxygens (including phenoxy) is 4. The quantitative estimate of drug-likeness (QED) is 0.810. The minimum Gasteiger partial charge on any atom is -0.493 e. The van der Waals surface area contributed by atoms with Gasteiger partial charge in [0.25, 0.3) is 0 Å². The standard InChI is InChI=1S/C21H27NO5/c1-24-17-8-6-13(15(11-23)21(17)27-4)20-14-10-19(26-3)18(25-2)9-12(14)5-7-16(20)22/h6,8-10,16,20,23H,5,7,11,22H2,1-4H3. The molecular formula is C21H27NO5. The van der Waals surface area contributed by atoms with Crippen LogP contribution in [0.2, 0.25) is 0 Å². The molecule has 0 aromatic heterocycles. The van der Waals surface area contributed by atoms with E-state index in [1.165, 1.54) is 5.56 Å². The zero-order valence-corrected chi connectivity index (χ0v) is 16.2. The molecule has 1 aliphatic rings. The van der Waals surface area contributed by atoms with Crippen molar-refractivity contribution in [2.45, 2.75) is 31.4 Å². The van der Waals surface area contributed by atoms with E-state index in [1.54, 1.807) is 28.4 Å². The maximum atomic E-state index is 10.1. The molecule has 3 rings (SSSR count). The van der Waals surface area contributed by atoms with Crippen LogP contribution in [0, 0.1) is 0 Å². The van der Waals surface area contributed by atoms with E-state index >= 15 is 0 Å². The molecule has 0 saturated heterocycles. The third-order valence-electron chi connectivity index (χ3n) is 5.33. The van der Waals surface area contributed by atoms with Crippen molar-refractivity contribution in [1.82, 2.24) is 0 Å². The molecule has 1 aliphatic carbocycles. The molecule has 0 fully saturated rings. The summed E-state index contributed by atoms with van der Waals surface area (Å²) in [4.78, 5) is 0. The Morgan fingerprint density at radius 2 is 1.59 bits per heavy atom. The van der Waals surface area contributed by atoms with E-state index in [9.17, 15) is 5.11 Å². The lowest BCUT2D eigenvalue weighted by molar-refractivity contribution is 0.267. The van der Waals surface area contributed by atoms with Gasteiger partial charge >= 0.3 is 0 Å². The van der Waals surface area contributed by atoms with Crippen LogP contribution >= 0.6 is 0 Å². The van der Waals surface area contributed by atoms with Gasteiger partial charge in [-0.2, -0.15) is 0 Å². The van der Waals surface area contributed by atoms with Gasteiger partial charge in [-0.15, -0.1) is 0 Å². The summed E-state index contributed by atoms with van der Waals surface area (Å²) in [5.74, 6) is 2.41. The van der Waals surface area contributed by atoms with E-state index < -0.39 is 0 Å². The van der Waals surface area contributed by atoms with Gasteiger partial charge in [0.1, 0.15) is 0 Å². The topological polar surface area (TPSA) is 83.2 Å². The van der Waals surface area contributed by atoms with Crippen LogP contribution in [0.5, 0.6) is 23.0 Å². The summed E-state index contributed by atoms with van der Waals surface area (Å²) in [5.41, 5.74) is 10.5. The van der Waals surface area contributed by atoms with Crippen molar-refractivity contribution in [3.05, 3.63) is 46.5 Å². The molecule has 2 atom stereocenters. The fourth-order valence-electron chi connectivity index (χ4n) is 4.02. The summed E-state index contributed by atoms with van der Waals surface area (Å²) in [5, 5.41) is 10.1. The van der Waals surface area contributed by atoms with Crippen molar-refractivity contribution in [1.29, 1.82) is 0 Å². The van der Waals surface area contributed by atoms with Crippen LogP contribution in [0.15, 0.2) is 24.3 Å². The highest BCUT2D eigenvalue weighted by Gasteiger charge is 2.32. The van der Waals surface area contributed by atoms with Crippen molar-refractivity contribution in [2.75, 3.05) is 28.4 Å². The molecule has 146 valence electrons. The van der Waals surface area contributed by atoms with E-state index in [0.29, 0.717) is 28.6 Å². The van der Waals surface area contributed by atoms with Gasteiger partial charge in [-0.1, -0.05) is 6.07 Å². The number of aliphatic hydroxyl groups excluding tert-OH is 1. The van der Waals surface area contributed by atoms with Crippen LogP contribution in [0.1, 0.15) is 34.6 Å². The highest BCUT2D eigenvalue weighted by molar-refractivity contribution is 5.57. The summed E-state index contributed by atoms with van der Waals surface area (Å²) in [6.45, 7) is -0.165. The Kier molecular flexibility index (Phi) is 5.77. The Balaban J connectivity index is 2.21. The van der Waals surface area contributed by atoms with Gasteiger partial charge in [0.2, 0.25) is 0 Å². The number of rotatable bonds is 6. The monoisotopic (exact) mass is 373 g/mol. The highest BCUT2D eigenvalue weighted by atomic mass is 16.5. The SMILES string of the molecule is COc1cc2c(cc1OC)C(c1ccc(OC)c(OC)c1CO)C(N)CC2. The van der Waals surface area contributed by atoms with Gasteiger partial charge in [-0.25, -0.2) is 0 Å². The smallest absolute Gasteiger partial charge is 0.166 e. The van der Waals surface area contributed by atoms with Gasteiger partial charge in [-0.3, -0.25) is 0 Å². The zero-order valence-electron chi connectivity index (χ0n) is 16.2. The number of hydrogen-bond acceptors (Lipinski definition) is 6. The molecule has 0 amide bonds. The van der Waals surface area contributed by atoms with Crippen LogP contribution in [0.4, 0.5) is 0 Å². The third kappa shape index (κ3) is 3.31. The normalized spacial score (nSPS) is 18.6. The van der Waals surface area contributed by atoms with Crippen molar-refractivity contribution in [3.63, 3.8) is 0 Å². The van der Waals surface area contributed by atoms with Crippen molar-refractivity contribution < 1.29 is 24.1 Å². The minimum absolute atomic E-state index is 0.0843. The van der Waals surface area contributed by atoms with Crippen molar-refractivity contribution in [3.8, 4) is 23.0 Å². The number of hydrogen-bond donors (Lipinski definition) is 2. The largest absolute Gasteiger partial charge is 0.493 e. The van der Waals surface area contributed by atoms with E-state index in [2.05, 4.69) is 0 Å². The number of aliphatic hydroxyl groups is 1. The second-order valence-corrected chi connectivity index (χ2v) is 6.61. The van der Waals surface area contributed by atoms with E-state index in [4.69, 9.17) is 24.7 Å². The van der Waals surface area contributed by atoms with Crippen molar-refractivity contribution >= 4 is 0 Å². The molecule has 0 heterocycles. The van der Waals surface area contributed by atoms with Gasteiger partial charge in [0.05, 0.1) is 35.0 Å². The fraction of sp³-hybridized carbons (Fsp3) is 0.429. The average Bonchev–Trinajstić information content (AvgIpc) is 2.71. The van der Waals surface area contributed by atoms with Gasteiger partial charge < -0.3 is 29.8 Å². The molecule has 27 heavy (non-hydrogen) atoms. The first-order valence-electron chi connectivity index (χ1n) is 8.94. The first kappa shape index (κ1) is 19.3. The molecule has 3 N–H and O–H groups in total. The van der Waals surface area contributed by atoms with Crippen LogP contribution in [0.3, 0.4) is 0 Å². The zero-order chi connectivity index (χ0) is 19.6. The van der Waals surface area contributed by atoms with E-state index in [0.717, 1.165) is 24.0 Å². The van der Waals surface area contributed by atoms with Crippen LogP contribution in [-0.4, -0.2) is 39.6 Å². The lowest BCUT2D eigenvalue weighted by Gasteiger charge is -2.34. The molecule has 0 saturated carbocycles. The highest BCUT2D eigenvalue weighted by Crippen LogP contribution is 2.45. The van der Waals surface area contributed by atoms with E-state index in [-0.39, 0.29) is 18.6 Å². The van der Waals surface area contributed by atoms with Crippen molar-refractivity contribution in [2.24, 2.45) is 5.73 Å². The molecule has 2 aromatic carbocycles. The van der Waals surface area contributed by atoms with Gasteiger partial charge in [-0.05, 0) is 47.7 Å². The number of aryl methyl sites for hydroxylation is 1. The Hall–Kier alpha value is -2.44. The molecule has 2 aromatic rings. The van der Waals surface area contributed by atoms with E-state index in [1.807, 2.05) is 24.3 Å². The maximum Gasteiger partial charge on any atom is 0.166 e. The molecule has 6 heteroatoms. The number of methoxy groups -OCH3 is 4. The molecule has 2 unspecified atom stereocenters. The summed E-state index contributed by atoms with van der Waals surface area (Å²) in [7, 11) is 6.41. The number of benzene rings is 2. The summed E-state index contributed by atoms with van der Waals surface area (Å²) in [6.07, 6.45) is 1.71. The average molecular weight is 373 g/mol. The molecule has 0 bridgehead atoms. The maximum absolute atomic E-state index is 10.1. The summed E-state index contributed by atoms with van der Waals surface area (Å²) < 4.78 is 21.9. The molecular weight excluding hydrogens is 346 g/mol. The van der Waals surface area contributed by atoms with Gasteiger partial charge in [0, 0.05) is 17.5 Å². The first-order valence-corrected chi connectivity index (χ1v) is 8.94. The minimum atomic E-state index is -0.165. The first-order chi connectivity index (χ1) is 13.1. The van der Waals surface area contributed by atoms with Gasteiger partial charge in [0.15, 0.2) is 23.0 Å². The second kappa shape index (κ2) is 8.06. The molecule has 0 aliphatic heterocycles. The Labute approximate surface area is 159 Å². The predicted octanol–water partition coefficient (Wildman–Crippen LogP) is 2.62. The lowest BCUT2D eigenvalue weighted by Crippen LogP contribution is -2.34.